The molecular formula is C15H16N2O5. The van der Waals surface area contributed by atoms with Crippen molar-refractivity contribution in [2.45, 2.75) is 19.4 Å². The van der Waals surface area contributed by atoms with Crippen molar-refractivity contribution in [2.24, 2.45) is 0 Å². The van der Waals surface area contributed by atoms with Crippen LogP contribution >= 0.6 is 0 Å². The standard InChI is InChI=1S/C15H16N2O5/c1-10-8-11(5-6-12(10)17(20)21)14(18)16-9-15(2,19)13-4-3-7-22-13/h3-8,19H,9H2,1-2H3,(H,16,18). The molecule has 22 heavy (non-hydrogen) atoms. The highest BCUT2D eigenvalue weighted by molar-refractivity contribution is 5.94. The molecule has 116 valence electrons. The fraction of sp³-hybridized carbons (Fsp3) is 0.267. The molecule has 1 amide bonds. The minimum Gasteiger partial charge on any atom is -0.466 e. The monoisotopic (exact) mass is 304 g/mol. The van der Waals surface area contributed by atoms with E-state index in [0.29, 0.717) is 16.9 Å². The van der Waals surface area contributed by atoms with Gasteiger partial charge in [0.1, 0.15) is 11.4 Å². The van der Waals surface area contributed by atoms with Gasteiger partial charge in [0.25, 0.3) is 11.6 Å². The first-order valence-corrected chi connectivity index (χ1v) is 6.61. The Hall–Kier alpha value is -2.67. The molecule has 2 N–H and O–H groups in total. The number of aliphatic hydroxyl groups is 1. The fourth-order valence-electron chi connectivity index (χ4n) is 2.03. The topological polar surface area (TPSA) is 106 Å². The predicted molar refractivity (Wildman–Crippen MR) is 78.4 cm³/mol. The molecule has 0 saturated carbocycles. The van der Waals surface area contributed by atoms with Gasteiger partial charge < -0.3 is 14.8 Å². The normalized spacial score (nSPS) is 13.4. The number of hydrogen-bond donors (Lipinski definition) is 2. The molecule has 7 heteroatoms. The van der Waals surface area contributed by atoms with E-state index >= 15 is 0 Å². The number of carbonyl (C=O) groups is 1. The number of benzene rings is 1. The van der Waals surface area contributed by atoms with Crippen molar-refractivity contribution >= 4 is 11.6 Å². The number of nitrogens with zero attached hydrogens (tertiary/aromatic N) is 1. The highest BCUT2D eigenvalue weighted by Gasteiger charge is 2.27. The van der Waals surface area contributed by atoms with Gasteiger partial charge in [-0.1, -0.05) is 0 Å². The maximum atomic E-state index is 12.1. The molecule has 1 atom stereocenters. The first kappa shape index (κ1) is 15.7. The number of hydrogen-bond acceptors (Lipinski definition) is 5. The summed E-state index contributed by atoms with van der Waals surface area (Å²) in [5.74, 6) is -0.0856. The number of nitrogens with one attached hydrogen (secondary N) is 1. The van der Waals surface area contributed by atoms with Crippen molar-refractivity contribution in [2.75, 3.05) is 6.54 Å². The van der Waals surface area contributed by atoms with Gasteiger partial charge in [-0.05, 0) is 38.1 Å². The highest BCUT2D eigenvalue weighted by atomic mass is 16.6. The van der Waals surface area contributed by atoms with Crippen LogP contribution in [0.1, 0.15) is 28.6 Å². The quantitative estimate of drug-likeness (QED) is 0.650. The molecular weight excluding hydrogens is 288 g/mol. The number of carbonyl (C=O) groups excluding carboxylic acids is 1. The van der Waals surface area contributed by atoms with Crippen molar-refractivity contribution < 1.29 is 19.2 Å². The van der Waals surface area contributed by atoms with Gasteiger partial charge >= 0.3 is 0 Å². The van der Waals surface area contributed by atoms with Crippen molar-refractivity contribution in [1.82, 2.24) is 5.32 Å². The number of nitro benzene ring substituents is 1. The van der Waals surface area contributed by atoms with E-state index < -0.39 is 16.4 Å². The lowest BCUT2D eigenvalue weighted by Crippen LogP contribution is -2.38. The van der Waals surface area contributed by atoms with Gasteiger partial charge in [0.2, 0.25) is 0 Å². The fourth-order valence-corrected chi connectivity index (χ4v) is 2.03. The molecule has 1 unspecified atom stereocenters. The summed E-state index contributed by atoms with van der Waals surface area (Å²) in [6, 6.07) is 7.36. The summed E-state index contributed by atoms with van der Waals surface area (Å²) in [6.07, 6.45) is 1.44. The van der Waals surface area contributed by atoms with E-state index in [4.69, 9.17) is 4.42 Å². The van der Waals surface area contributed by atoms with Gasteiger partial charge in [-0.15, -0.1) is 0 Å². The summed E-state index contributed by atoms with van der Waals surface area (Å²) in [7, 11) is 0. The summed E-state index contributed by atoms with van der Waals surface area (Å²) in [6.45, 7) is 3.04. The van der Waals surface area contributed by atoms with E-state index in [1.54, 1.807) is 19.1 Å². The van der Waals surface area contributed by atoms with E-state index in [2.05, 4.69) is 5.32 Å². The zero-order valence-corrected chi connectivity index (χ0v) is 12.2. The minimum absolute atomic E-state index is 0.0425. The molecule has 0 radical (unpaired) electrons. The molecule has 2 rings (SSSR count). The average Bonchev–Trinajstić information content (AvgIpc) is 2.99. The van der Waals surface area contributed by atoms with Crippen LogP contribution in [-0.2, 0) is 5.60 Å². The summed E-state index contributed by atoms with van der Waals surface area (Å²) >= 11 is 0. The van der Waals surface area contributed by atoms with Crippen LogP contribution in [0, 0.1) is 17.0 Å². The predicted octanol–water partition coefficient (Wildman–Crippen LogP) is 2.13. The zero-order valence-electron chi connectivity index (χ0n) is 12.2. The van der Waals surface area contributed by atoms with Crippen LogP contribution in [0.3, 0.4) is 0 Å². The van der Waals surface area contributed by atoms with Crippen LogP contribution in [0.2, 0.25) is 0 Å². The Labute approximate surface area is 126 Å². The van der Waals surface area contributed by atoms with Gasteiger partial charge in [0.15, 0.2) is 0 Å². The number of nitro groups is 1. The van der Waals surface area contributed by atoms with E-state index in [9.17, 15) is 20.0 Å². The van der Waals surface area contributed by atoms with Crippen molar-refractivity contribution in [3.8, 4) is 0 Å². The molecule has 1 heterocycles. The molecule has 2 aromatic rings. The molecule has 0 aliphatic rings. The zero-order chi connectivity index (χ0) is 16.3. The SMILES string of the molecule is Cc1cc(C(=O)NCC(C)(O)c2ccco2)ccc1[N+](=O)[O-]. The molecule has 0 aliphatic carbocycles. The second-order valence-electron chi connectivity index (χ2n) is 5.19. The lowest BCUT2D eigenvalue weighted by atomic mass is 10.0. The first-order valence-electron chi connectivity index (χ1n) is 6.61. The Morgan fingerprint density at radius 3 is 2.73 bits per heavy atom. The maximum absolute atomic E-state index is 12.1. The Balaban J connectivity index is 2.07. The molecule has 0 fully saturated rings. The summed E-state index contributed by atoms with van der Waals surface area (Å²) < 4.78 is 5.12. The van der Waals surface area contributed by atoms with Crippen LogP contribution in [0.15, 0.2) is 41.0 Å². The van der Waals surface area contributed by atoms with E-state index in [1.807, 2.05) is 0 Å². The number of aryl methyl sites for hydroxylation is 1. The Bertz CT molecular complexity index is 692. The van der Waals surface area contributed by atoms with Gasteiger partial charge in [0, 0.05) is 17.2 Å². The molecule has 0 aliphatic heterocycles. The van der Waals surface area contributed by atoms with Crippen molar-refractivity contribution in [3.63, 3.8) is 0 Å². The molecule has 0 spiro atoms. The van der Waals surface area contributed by atoms with Crippen LogP contribution in [0.25, 0.3) is 0 Å². The molecule has 1 aromatic heterocycles. The first-order chi connectivity index (χ1) is 10.3. The lowest BCUT2D eigenvalue weighted by molar-refractivity contribution is -0.385. The third-order valence-corrected chi connectivity index (χ3v) is 3.30. The maximum Gasteiger partial charge on any atom is 0.272 e. The van der Waals surface area contributed by atoms with Gasteiger partial charge in [-0.25, -0.2) is 0 Å². The molecule has 0 saturated heterocycles. The van der Waals surface area contributed by atoms with Crippen LogP contribution in [0.5, 0.6) is 0 Å². The highest BCUT2D eigenvalue weighted by Crippen LogP contribution is 2.21. The minimum atomic E-state index is -1.34. The van der Waals surface area contributed by atoms with Crippen LogP contribution < -0.4 is 5.32 Å². The van der Waals surface area contributed by atoms with E-state index in [1.165, 1.54) is 31.4 Å². The smallest absolute Gasteiger partial charge is 0.272 e. The summed E-state index contributed by atoms with van der Waals surface area (Å²) in [5, 5.41) is 23.6. The number of furan rings is 1. The Morgan fingerprint density at radius 1 is 1.45 bits per heavy atom. The summed E-state index contributed by atoms with van der Waals surface area (Å²) in [4.78, 5) is 22.3. The molecule has 1 aromatic carbocycles. The lowest BCUT2D eigenvalue weighted by Gasteiger charge is -2.21. The molecule has 0 bridgehead atoms. The third kappa shape index (κ3) is 3.32. The second-order valence-corrected chi connectivity index (χ2v) is 5.19. The number of rotatable bonds is 5. The Morgan fingerprint density at radius 2 is 2.18 bits per heavy atom. The number of amides is 1. The van der Waals surface area contributed by atoms with E-state index in [-0.39, 0.29) is 12.2 Å². The van der Waals surface area contributed by atoms with Crippen molar-refractivity contribution in [1.29, 1.82) is 0 Å². The van der Waals surface area contributed by atoms with Gasteiger partial charge in [0.05, 0.1) is 17.7 Å². The third-order valence-electron chi connectivity index (χ3n) is 3.30. The van der Waals surface area contributed by atoms with Gasteiger partial charge in [-0.2, -0.15) is 0 Å². The van der Waals surface area contributed by atoms with Gasteiger partial charge in [-0.3, -0.25) is 14.9 Å². The van der Waals surface area contributed by atoms with Crippen LogP contribution in [0.4, 0.5) is 5.69 Å². The molecule has 7 nitrogen and oxygen atoms in total. The largest absolute Gasteiger partial charge is 0.466 e. The Kier molecular flexibility index (Phi) is 4.27. The van der Waals surface area contributed by atoms with Crippen molar-refractivity contribution in [3.05, 3.63) is 63.6 Å². The van der Waals surface area contributed by atoms with Crippen LogP contribution in [-0.4, -0.2) is 22.5 Å². The average molecular weight is 304 g/mol. The second kappa shape index (κ2) is 5.98. The van der Waals surface area contributed by atoms with E-state index in [0.717, 1.165) is 0 Å². The summed E-state index contributed by atoms with van der Waals surface area (Å²) in [5.41, 5.74) is -0.692.